The second-order valence-corrected chi connectivity index (χ2v) is 8.08. The molecule has 1 amide bonds. The maximum Gasteiger partial charge on any atom is 0.338 e. The van der Waals surface area contributed by atoms with E-state index in [9.17, 15) is 9.59 Å². The average Bonchev–Trinajstić information content (AvgIpc) is 2.82. The molecule has 7 nitrogen and oxygen atoms in total. The van der Waals surface area contributed by atoms with Crippen LogP contribution < -0.4 is 11.5 Å². The Bertz CT molecular complexity index is 1250. The Morgan fingerprint density at radius 2 is 1.73 bits per heavy atom. The summed E-state index contributed by atoms with van der Waals surface area (Å²) >= 11 is 0. The highest BCUT2D eigenvalue weighted by Gasteiger charge is 2.28. The molecule has 0 aromatic heterocycles. The largest absolute Gasteiger partial charge is 0.465 e. The van der Waals surface area contributed by atoms with Gasteiger partial charge in [0, 0.05) is 17.9 Å². The van der Waals surface area contributed by atoms with Crippen molar-refractivity contribution >= 4 is 29.0 Å². The van der Waals surface area contributed by atoms with Gasteiger partial charge in [0.25, 0.3) is 0 Å². The van der Waals surface area contributed by atoms with Crippen LogP contribution in [0.2, 0.25) is 0 Å². The van der Waals surface area contributed by atoms with Gasteiger partial charge in [-0.1, -0.05) is 55.5 Å². The zero-order valence-electron chi connectivity index (χ0n) is 18.6. The van der Waals surface area contributed by atoms with Crippen molar-refractivity contribution in [2.45, 2.75) is 19.9 Å². The van der Waals surface area contributed by atoms with Gasteiger partial charge < -0.3 is 16.2 Å². The fourth-order valence-corrected chi connectivity index (χ4v) is 4.04. The van der Waals surface area contributed by atoms with Gasteiger partial charge in [-0.05, 0) is 34.9 Å². The van der Waals surface area contributed by atoms with Gasteiger partial charge >= 0.3 is 5.97 Å². The van der Waals surface area contributed by atoms with Crippen LogP contribution >= 0.6 is 0 Å². The molecule has 7 heteroatoms. The van der Waals surface area contributed by atoms with Crippen molar-refractivity contribution < 1.29 is 14.3 Å². The lowest BCUT2D eigenvalue weighted by molar-refractivity contribution is -0.133. The molecule has 0 aliphatic carbocycles. The molecule has 0 saturated heterocycles. The summed E-state index contributed by atoms with van der Waals surface area (Å²) in [6.45, 7) is 2.24. The van der Waals surface area contributed by atoms with E-state index in [0.717, 1.165) is 28.0 Å². The molecule has 0 radical (unpaired) electrons. The van der Waals surface area contributed by atoms with E-state index in [1.54, 1.807) is 24.3 Å². The van der Waals surface area contributed by atoms with E-state index in [1.807, 2.05) is 49.4 Å². The first-order valence-corrected chi connectivity index (χ1v) is 10.7. The van der Waals surface area contributed by atoms with Gasteiger partial charge in [-0.2, -0.15) is 5.10 Å². The van der Waals surface area contributed by atoms with Crippen LogP contribution in [0.15, 0.2) is 71.8 Å². The number of amides is 1. The number of carbonyl (C=O) groups excluding carboxylic acids is 2. The Morgan fingerprint density at radius 1 is 1.03 bits per heavy atom. The summed E-state index contributed by atoms with van der Waals surface area (Å²) < 4.78 is 4.95. The van der Waals surface area contributed by atoms with Crippen LogP contribution in [0.4, 0.5) is 11.4 Å². The van der Waals surface area contributed by atoms with Gasteiger partial charge in [0.2, 0.25) is 5.91 Å². The minimum absolute atomic E-state index is 0.0490. The summed E-state index contributed by atoms with van der Waals surface area (Å²) in [5.74, 6) is -0.526. The number of hydrogen-bond acceptors (Lipinski definition) is 6. The minimum Gasteiger partial charge on any atom is -0.465 e. The molecule has 1 aliphatic heterocycles. The van der Waals surface area contributed by atoms with Crippen molar-refractivity contribution in [3.63, 3.8) is 0 Å². The normalized spacial score (nSPS) is 15.8. The van der Waals surface area contributed by atoms with E-state index in [1.165, 1.54) is 12.1 Å². The highest BCUT2D eigenvalue weighted by atomic mass is 16.5. The Hall–Kier alpha value is -4.13. The van der Waals surface area contributed by atoms with Crippen LogP contribution in [0.3, 0.4) is 0 Å². The number of nitrogen functional groups attached to an aromatic ring is 2. The average molecular weight is 443 g/mol. The van der Waals surface area contributed by atoms with E-state index in [4.69, 9.17) is 21.3 Å². The second kappa shape index (κ2) is 9.16. The number of carbonyl (C=O) groups is 2. The molecule has 1 unspecified atom stereocenters. The standard InChI is InChI=1S/C26H26N4O3/c1-16-13-24(31)30(29-25(16)17-11-12-22(27)23(28)14-17)15-18-7-3-4-8-19(18)20-9-5-6-10-21(20)26(32)33-2/h3-12,14,16H,13,15,27-28H2,1-2H3. The minimum atomic E-state index is -0.412. The maximum absolute atomic E-state index is 12.9. The molecule has 0 spiro atoms. The van der Waals surface area contributed by atoms with Crippen LogP contribution in [0.1, 0.15) is 34.8 Å². The lowest BCUT2D eigenvalue weighted by Gasteiger charge is -2.28. The number of hydrazone groups is 1. The summed E-state index contributed by atoms with van der Waals surface area (Å²) in [6.07, 6.45) is 0.337. The first-order valence-electron chi connectivity index (χ1n) is 10.7. The van der Waals surface area contributed by atoms with Gasteiger partial charge in [-0.25, -0.2) is 9.80 Å². The predicted molar refractivity (Wildman–Crippen MR) is 129 cm³/mol. The lowest BCUT2D eigenvalue weighted by Crippen LogP contribution is -2.36. The fraction of sp³-hybridized carbons (Fsp3) is 0.192. The molecule has 4 rings (SSSR count). The summed E-state index contributed by atoms with van der Waals surface area (Å²) in [7, 11) is 1.36. The van der Waals surface area contributed by atoms with E-state index < -0.39 is 5.97 Å². The number of hydrogen-bond donors (Lipinski definition) is 2. The van der Waals surface area contributed by atoms with Crippen LogP contribution in [-0.4, -0.2) is 29.7 Å². The monoisotopic (exact) mass is 442 g/mol. The molecule has 1 atom stereocenters. The first kappa shape index (κ1) is 22.1. The van der Waals surface area contributed by atoms with Crippen LogP contribution in [0, 0.1) is 5.92 Å². The Labute approximate surface area is 192 Å². The summed E-state index contributed by atoms with van der Waals surface area (Å²) in [5, 5.41) is 6.19. The van der Waals surface area contributed by atoms with E-state index >= 15 is 0 Å². The van der Waals surface area contributed by atoms with Crippen molar-refractivity contribution in [3.05, 3.63) is 83.4 Å². The van der Waals surface area contributed by atoms with Crippen molar-refractivity contribution in [1.82, 2.24) is 5.01 Å². The molecular formula is C26H26N4O3. The molecule has 3 aromatic carbocycles. The van der Waals surface area contributed by atoms with Gasteiger partial charge in [0.15, 0.2) is 0 Å². The Balaban J connectivity index is 1.73. The molecule has 0 saturated carbocycles. The van der Waals surface area contributed by atoms with Crippen molar-refractivity contribution in [1.29, 1.82) is 0 Å². The Kier molecular flexibility index (Phi) is 6.13. The lowest BCUT2D eigenvalue weighted by atomic mass is 9.92. The van der Waals surface area contributed by atoms with Crippen molar-refractivity contribution in [3.8, 4) is 11.1 Å². The van der Waals surface area contributed by atoms with Gasteiger partial charge in [-0.3, -0.25) is 4.79 Å². The van der Waals surface area contributed by atoms with Gasteiger partial charge in [-0.15, -0.1) is 0 Å². The Morgan fingerprint density at radius 3 is 2.45 bits per heavy atom. The molecular weight excluding hydrogens is 416 g/mol. The maximum atomic E-state index is 12.9. The van der Waals surface area contributed by atoms with Crippen LogP contribution in [0.5, 0.6) is 0 Å². The number of benzene rings is 3. The molecule has 0 bridgehead atoms. The molecule has 1 heterocycles. The van der Waals surface area contributed by atoms with Crippen molar-refractivity contribution in [2.24, 2.45) is 11.0 Å². The number of anilines is 2. The molecule has 1 aliphatic rings. The number of nitrogens with two attached hydrogens (primary N) is 2. The molecule has 0 fully saturated rings. The third-order valence-electron chi connectivity index (χ3n) is 5.81. The van der Waals surface area contributed by atoms with Crippen LogP contribution in [0.25, 0.3) is 11.1 Å². The third-order valence-corrected chi connectivity index (χ3v) is 5.81. The molecule has 4 N–H and O–H groups in total. The SMILES string of the molecule is COC(=O)c1ccccc1-c1ccccc1CN1N=C(c2ccc(N)c(N)c2)C(C)CC1=O. The topological polar surface area (TPSA) is 111 Å². The van der Waals surface area contributed by atoms with Crippen LogP contribution in [-0.2, 0) is 16.1 Å². The molecule has 33 heavy (non-hydrogen) atoms. The van der Waals surface area contributed by atoms with E-state index in [-0.39, 0.29) is 18.4 Å². The highest BCUT2D eigenvalue weighted by Crippen LogP contribution is 2.30. The highest BCUT2D eigenvalue weighted by molar-refractivity contribution is 6.06. The third kappa shape index (κ3) is 4.43. The van der Waals surface area contributed by atoms with Gasteiger partial charge in [0.05, 0.1) is 36.3 Å². The number of rotatable bonds is 5. The zero-order valence-corrected chi connectivity index (χ0v) is 18.6. The number of esters is 1. The number of methoxy groups -OCH3 is 1. The summed E-state index contributed by atoms with van der Waals surface area (Å²) in [5.41, 5.74) is 17.4. The molecule has 168 valence electrons. The summed E-state index contributed by atoms with van der Waals surface area (Å²) in [4.78, 5) is 25.2. The van der Waals surface area contributed by atoms with Crippen molar-refractivity contribution in [2.75, 3.05) is 18.6 Å². The summed E-state index contributed by atoms with van der Waals surface area (Å²) in [6, 6.07) is 20.3. The van der Waals surface area contributed by atoms with Gasteiger partial charge in [0.1, 0.15) is 0 Å². The first-order chi connectivity index (χ1) is 15.9. The molecule has 3 aromatic rings. The predicted octanol–water partition coefficient (Wildman–Crippen LogP) is 4.08. The number of ether oxygens (including phenoxy) is 1. The fourth-order valence-electron chi connectivity index (χ4n) is 4.04. The van der Waals surface area contributed by atoms with E-state index in [0.29, 0.717) is 23.4 Å². The number of nitrogens with zero attached hydrogens (tertiary/aromatic N) is 2. The van der Waals surface area contributed by atoms with E-state index in [2.05, 4.69) is 0 Å². The smallest absolute Gasteiger partial charge is 0.338 e. The quantitative estimate of drug-likeness (QED) is 0.457. The zero-order chi connectivity index (χ0) is 23.5. The second-order valence-electron chi connectivity index (χ2n) is 8.08.